The SMILES string of the molecule is CCC[n+]1ccc(-c2ccc3c[n+](CCP(=O)(O)O)ccc3c2)cc1.CC[n+]1ccc(-c2cc3cc[n+](CC)cc3cc2C)cc1.O=COCC[n+]1ccc(-c2ccc3c[n+](CCC(=O)O)ccc3c2)cc1.[C-]#[N+]C[n+]1ccc(-c2ccc3c[n+](CC#N)ccc3c2)cc1.[C-]#[N+]c1ccc(C[n+]2ccc(-c3ccc4c[n+](Cc5ccc(C#N)cc5)ccc4c3)cc2)cc1. The van der Waals surface area contributed by atoms with Gasteiger partial charge in [0, 0.05) is 135 Å². The highest BCUT2D eigenvalue weighted by atomic mass is 31.2. The average molecular weight is 1710 g/mol. The molecule has 0 aliphatic heterocycles. The molecule has 17 rings (SSSR count). The van der Waals surface area contributed by atoms with Crippen molar-refractivity contribution in [3.05, 3.63) is 393 Å². The quantitative estimate of drug-likeness (QED) is 0.0163. The largest absolute Gasteiger partial charge is 0.481 e. The molecule has 0 unspecified atom stereocenters. The summed E-state index contributed by atoms with van der Waals surface area (Å²) in [6.07, 6.45) is 41.7. The van der Waals surface area contributed by atoms with Gasteiger partial charge in [0.05, 0.1) is 18.2 Å². The number of carbonyl (C=O) groups is 2. The van der Waals surface area contributed by atoms with E-state index in [9.17, 15) is 14.2 Å². The van der Waals surface area contributed by atoms with Gasteiger partial charge in [-0.2, -0.15) is 15.1 Å². The normalized spacial score (nSPS) is 10.8. The Hall–Kier alpha value is -15.6. The molecule has 22 heteroatoms. The van der Waals surface area contributed by atoms with Crippen molar-refractivity contribution in [3.8, 4) is 67.8 Å². The maximum Gasteiger partial charge on any atom is 0.406 e. The van der Waals surface area contributed by atoms with E-state index in [1.807, 2.05) is 188 Å². The van der Waals surface area contributed by atoms with Crippen LogP contribution in [-0.4, -0.2) is 40.1 Å². The van der Waals surface area contributed by atoms with Crippen molar-refractivity contribution >= 4 is 79.6 Å². The van der Waals surface area contributed by atoms with Crippen molar-refractivity contribution in [1.82, 2.24) is 0 Å². The predicted molar refractivity (Wildman–Crippen MR) is 491 cm³/mol. The Bertz CT molecular complexity index is 6990. The van der Waals surface area contributed by atoms with Crippen LogP contribution in [0.3, 0.4) is 0 Å². The second kappa shape index (κ2) is 44.1. The van der Waals surface area contributed by atoms with Gasteiger partial charge in [-0.15, -0.1) is 4.57 Å². The van der Waals surface area contributed by atoms with E-state index in [4.69, 9.17) is 43.3 Å². The Morgan fingerprint density at radius 2 is 0.812 bits per heavy atom. The minimum absolute atomic E-state index is 0.107. The number of fused-ring (bicyclic) bond motifs is 5. The molecule has 17 aromatic rings. The fourth-order valence-electron chi connectivity index (χ4n) is 14.9. The summed E-state index contributed by atoms with van der Waals surface area (Å²) in [4.78, 5) is 45.7. The first-order chi connectivity index (χ1) is 62.3. The van der Waals surface area contributed by atoms with Crippen LogP contribution in [0.4, 0.5) is 5.69 Å². The fourth-order valence-corrected chi connectivity index (χ4v) is 15.4. The third-order valence-electron chi connectivity index (χ3n) is 22.0. The fraction of sp³-hybridized carbons (Fsp3) is 0.170. The van der Waals surface area contributed by atoms with Gasteiger partial charge in [0.2, 0.25) is 6.54 Å². The van der Waals surface area contributed by atoms with E-state index in [2.05, 4.69) is 256 Å². The second-order valence-electron chi connectivity index (χ2n) is 31.0. The first-order valence-electron chi connectivity index (χ1n) is 42.4. The Balaban J connectivity index is 0.000000138. The minimum Gasteiger partial charge on any atom is -0.481 e. The summed E-state index contributed by atoms with van der Waals surface area (Å²) < 4.78 is 36.0. The number of pyridine rings is 10. The lowest BCUT2D eigenvalue weighted by molar-refractivity contribution is -0.697. The zero-order chi connectivity index (χ0) is 89.7. The van der Waals surface area contributed by atoms with Gasteiger partial charge in [-0.3, -0.25) is 14.2 Å². The van der Waals surface area contributed by atoms with E-state index in [-0.39, 0.29) is 12.6 Å². The second-order valence-corrected chi connectivity index (χ2v) is 32.8. The molecule has 632 valence electrons. The number of hydrogen-bond acceptors (Lipinski definition) is 6. The Morgan fingerprint density at radius 3 is 1.27 bits per heavy atom. The zero-order valence-corrected chi connectivity index (χ0v) is 73.0. The van der Waals surface area contributed by atoms with Crippen molar-refractivity contribution in [2.24, 2.45) is 0 Å². The lowest BCUT2D eigenvalue weighted by Crippen LogP contribution is -2.34. The zero-order valence-electron chi connectivity index (χ0n) is 72.1. The maximum atomic E-state index is 11.0. The van der Waals surface area contributed by atoms with Crippen molar-refractivity contribution in [2.45, 2.75) is 106 Å². The van der Waals surface area contributed by atoms with Gasteiger partial charge < -0.3 is 19.6 Å². The highest BCUT2D eigenvalue weighted by molar-refractivity contribution is 7.51. The Kier molecular flexibility index (Phi) is 31.1. The van der Waals surface area contributed by atoms with Crippen LogP contribution in [0.5, 0.6) is 0 Å². The lowest BCUT2D eigenvalue weighted by Gasteiger charge is -2.07. The summed E-state index contributed by atoms with van der Waals surface area (Å²) in [6.45, 7) is 30.1. The molecule has 7 aromatic carbocycles. The van der Waals surface area contributed by atoms with E-state index in [0.29, 0.717) is 57.2 Å². The number of aliphatic carboxylic acids is 1. The van der Waals surface area contributed by atoms with Crippen LogP contribution in [0.2, 0.25) is 0 Å². The Morgan fingerprint density at radius 1 is 0.414 bits per heavy atom. The number of ether oxygens (including phenoxy) is 1. The Labute approximate surface area is 745 Å². The lowest BCUT2D eigenvalue weighted by atomic mass is 9.98. The van der Waals surface area contributed by atoms with Gasteiger partial charge in [0.25, 0.3) is 6.47 Å². The van der Waals surface area contributed by atoms with Crippen LogP contribution in [0.25, 0.3) is 119 Å². The highest BCUT2D eigenvalue weighted by Crippen LogP contribution is 2.34. The molecule has 0 amide bonds. The standard InChI is InChI=1S/C30H22N4.C20H19N2O4.C19H21N2O3P.C19H22N2.C18H14N4/c1-32-30-10-6-25(7-11-30)20-33-15-12-26(13-16-33)27-8-9-29-22-34(17-14-28(29)18-27)21-24-4-2-23(19-31)3-5-24;23-15-26-12-11-21-7-3-16(4-8-21)17-1-2-19-14-22(10-6-20(24)25)9-5-18(19)13-17;1-2-8-20-9-5-16(6-10-20)17-3-4-19-15-21(11-7-18(19)14-17)12-13-25(22,23)24;1-4-20-9-6-16(7-10-20)19-13-17-8-11-21(5-2)14-18(17)12-15(19)3;1-20-14-22-9-4-15(5-10-22)16-2-3-18-13-21(11-7-19)8-6-17(18)12-16/h2-18,22H,20-21H2;1-5,7-9,13-15H,6,10-12H2;3-7,9-11,14-15H,2,8,12-13H2,1H3;6-14H,4-5H2,1-3H3;2-6,8-10,12-13H,11,14H2/q+2;+1;;2*+2/p+3. The molecule has 0 bridgehead atoms. The molecule has 3 N–H and O–H groups in total. The summed E-state index contributed by atoms with van der Waals surface area (Å²) >= 11 is 0. The van der Waals surface area contributed by atoms with Crippen LogP contribution < -0.4 is 45.7 Å². The van der Waals surface area contributed by atoms with Crippen molar-refractivity contribution < 1.29 is 79.5 Å². The summed E-state index contributed by atoms with van der Waals surface area (Å²) in [5.74, 6) is -0.799. The molecule has 0 atom stereocenters. The van der Waals surface area contributed by atoms with Gasteiger partial charge >= 0.3 is 20.2 Å². The first kappa shape index (κ1) is 90.1. The number of carboxylic acids is 1. The maximum absolute atomic E-state index is 11.0. The number of hydrogen-bond donors (Lipinski definition) is 3. The van der Waals surface area contributed by atoms with Gasteiger partial charge in [-0.05, 0) is 182 Å². The molecule has 0 saturated carbocycles. The summed E-state index contributed by atoms with van der Waals surface area (Å²) in [7, 11) is -3.97. The van der Waals surface area contributed by atoms with E-state index in [1.54, 1.807) is 0 Å². The molecular formula is C106H101N14O7P+10. The highest BCUT2D eigenvalue weighted by Gasteiger charge is 2.19. The number of aromatic nitrogens is 10. The molecule has 10 heterocycles. The van der Waals surface area contributed by atoms with Gasteiger partial charge in [-0.1, -0.05) is 67.6 Å². The molecule has 0 saturated heterocycles. The van der Waals surface area contributed by atoms with Crippen molar-refractivity contribution in [1.29, 1.82) is 10.5 Å². The molecule has 0 fully saturated rings. The topological polar surface area (TPSA) is 216 Å². The number of benzene rings is 7. The van der Waals surface area contributed by atoms with Crippen LogP contribution >= 0.6 is 7.60 Å². The number of rotatable bonds is 25. The summed E-state index contributed by atoms with van der Waals surface area (Å²) in [5.41, 5.74) is 16.8. The van der Waals surface area contributed by atoms with E-state index in [1.165, 1.54) is 66.1 Å². The average Bonchev–Trinajstić information content (AvgIpc) is 0.807. The van der Waals surface area contributed by atoms with Crippen molar-refractivity contribution in [2.75, 3.05) is 12.8 Å². The van der Waals surface area contributed by atoms with E-state index in [0.717, 1.165) is 99.3 Å². The summed E-state index contributed by atoms with van der Waals surface area (Å²) in [6, 6.07) is 81.1. The van der Waals surface area contributed by atoms with E-state index >= 15 is 0 Å². The number of nitrogens with zero attached hydrogens (tertiary/aromatic N) is 14. The molecule has 0 aliphatic rings. The van der Waals surface area contributed by atoms with Crippen LogP contribution in [0, 0.1) is 42.7 Å². The number of carboxylic acid groups (broad SMARTS) is 1. The third-order valence-corrected chi connectivity index (χ3v) is 22.8. The molecule has 21 nitrogen and oxygen atoms in total. The summed E-state index contributed by atoms with van der Waals surface area (Å²) in [5, 5.41) is 38.1. The van der Waals surface area contributed by atoms with Crippen LogP contribution in [0.15, 0.2) is 348 Å². The molecule has 0 aliphatic carbocycles. The number of aryl methyl sites for hydroxylation is 6. The smallest absolute Gasteiger partial charge is 0.406 e. The molecule has 10 aromatic heterocycles. The minimum atomic E-state index is -3.97. The van der Waals surface area contributed by atoms with Gasteiger partial charge in [0.15, 0.2) is 162 Å². The molecule has 128 heavy (non-hydrogen) atoms. The number of carbonyl (C=O) groups excluding carboxylic acids is 1. The molecule has 0 spiro atoms. The van der Waals surface area contributed by atoms with Gasteiger partial charge in [0.1, 0.15) is 44.9 Å². The van der Waals surface area contributed by atoms with Crippen LogP contribution in [0.1, 0.15) is 55.9 Å². The van der Waals surface area contributed by atoms with Crippen molar-refractivity contribution in [3.63, 3.8) is 0 Å². The van der Waals surface area contributed by atoms with E-state index < -0.39 is 13.6 Å². The molecular weight excluding hydrogens is 1610 g/mol. The molecule has 0 radical (unpaired) electrons. The first-order valence-corrected chi connectivity index (χ1v) is 44.2. The number of nitriles is 2. The van der Waals surface area contributed by atoms with Gasteiger partial charge in [-0.25, -0.2) is 52.8 Å². The third kappa shape index (κ3) is 25.3. The predicted octanol–water partition coefficient (Wildman–Crippen LogP) is 15.9. The van der Waals surface area contributed by atoms with Crippen LogP contribution in [-0.2, 0) is 84.5 Å². The monoisotopic (exact) mass is 1710 g/mol.